The lowest BCUT2D eigenvalue weighted by Crippen LogP contribution is -2.29. The molecule has 0 unspecified atom stereocenters. The summed E-state index contributed by atoms with van der Waals surface area (Å²) >= 11 is 0. The number of rotatable bonds is 4. The van der Waals surface area contributed by atoms with E-state index in [1.807, 2.05) is 0 Å². The van der Waals surface area contributed by atoms with Gasteiger partial charge in [0.25, 0.3) is 5.56 Å². The summed E-state index contributed by atoms with van der Waals surface area (Å²) in [5.41, 5.74) is 0.548. The van der Waals surface area contributed by atoms with Gasteiger partial charge in [-0.3, -0.25) is 9.36 Å². The van der Waals surface area contributed by atoms with Gasteiger partial charge in [0, 0.05) is 20.1 Å². The molecule has 3 atom stereocenters. The smallest absolute Gasteiger partial charge is 0.279 e. The number of aryl methyl sites for hydroxylation is 1. The zero-order valence-corrected chi connectivity index (χ0v) is 12.2. The van der Waals surface area contributed by atoms with E-state index in [0.717, 1.165) is 0 Å². The van der Waals surface area contributed by atoms with Crippen LogP contribution in [0.2, 0.25) is 0 Å². The van der Waals surface area contributed by atoms with E-state index in [1.54, 1.807) is 32.0 Å². The van der Waals surface area contributed by atoms with Crippen LogP contribution < -0.4 is 5.56 Å². The van der Waals surface area contributed by atoms with Gasteiger partial charge in [-0.1, -0.05) is 0 Å². The van der Waals surface area contributed by atoms with Crippen molar-refractivity contribution in [3.8, 4) is 0 Å². The number of aromatic nitrogens is 4. The molecule has 1 fully saturated rings. The number of fused-ring (bicyclic) bond motifs is 1. The fourth-order valence-corrected chi connectivity index (χ4v) is 2.77. The largest absolute Gasteiger partial charge is 0.384 e. The van der Waals surface area contributed by atoms with E-state index >= 15 is 0 Å². The van der Waals surface area contributed by atoms with E-state index in [-0.39, 0.29) is 23.8 Å². The summed E-state index contributed by atoms with van der Waals surface area (Å²) in [6, 6.07) is 0. The fourth-order valence-electron chi connectivity index (χ4n) is 2.77. The molecule has 0 bridgehead atoms. The van der Waals surface area contributed by atoms with Crippen molar-refractivity contribution in [3.05, 3.63) is 22.5 Å². The number of nitrogens with zero attached hydrogens (tertiary/aromatic N) is 3. The van der Waals surface area contributed by atoms with Crippen molar-refractivity contribution in [2.75, 3.05) is 27.4 Å². The Hall–Kier alpha value is -1.77. The first-order valence-corrected chi connectivity index (χ1v) is 6.72. The highest BCUT2D eigenvalue weighted by molar-refractivity contribution is 5.69. The Balaban J connectivity index is 2.02. The molecule has 8 nitrogen and oxygen atoms in total. The number of nitrogens with one attached hydrogen (secondary N) is 1. The first-order chi connectivity index (χ1) is 10.2. The lowest BCUT2D eigenvalue weighted by Gasteiger charge is -2.22. The first kappa shape index (κ1) is 14.2. The standard InChI is InChI=1S/C13H18N4O4/c1-7-15-11-9(12(18)16-7)14-6-17(11)13-10(20-3)8(4-19-2)5-21-13/h6,8,10,13H,4-5H2,1-3H3,(H,15,16,18)/t8-,10+,13+/m0/s1. The normalized spacial score (nSPS) is 25.8. The van der Waals surface area contributed by atoms with Crippen LogP contribution >= 0.6 is 0 Å². The average molecular weight is 294 g/mol. The number of aromatic amines is 1. The third-order valence-electron chi connectivity index (χ3n) is 3.70. The van der Waals surface area contributed by atoms with Crippen molar-refractivity contribution in [3.63, 3.8) is 0 Å². The quantitative estimate of drug-likeness (QED) is 0.868. The molecule has 0 saturated carbocycles. The molecule has 0 radical (unpaired) electrons. The second-order valence-corrected chi connectivity index (χ2v) is 5.12. The molecule has 2 aromatic rings. The van der Waals surface area contributed by atoms with Crippen LogP contribution in [-0.4, -0.2) is 53.1 Å². The minimum absolute atomic E-state index is 0.130. The predicted molar refractivity (Wildman–Crippen MR) is 74.0 cm³/mol. The van der Waals surface area contributed by atoms with Gasteiger partial charge >= 0.3 is 0 Å². The summed E-state index contributed by atoms with van der Waals surface area (Å²) in [4.78, 5) is 23.0. The van der Waals surface area contributed by atoms with Crippen molar-refractivity contribution >= 4 is 11.2 Å². The van der Waals surface area contributed by atoms with Crippen molar-refractivity contribution < 1.29 is 14.2 Å². The second kappa shape index (κ2) is 5.55. The van der Waals surface area contributed by atoms with E-state index in [0.29, 0.717) is 30.2 Å². The number of ether oxygens (including phenoxy) is 3. The molecule has 2 aromatic heterocycles. The Labute approximate surface area is 121 Å². The highest BCUT2D eigenvalue weighted by atomic mass is 16.6. The van der Waals surface area contributed by atoms with Crippen molar-refractivity contribution in [2.24, 2.45) is 5.92 Å². The van der Waals surface area contributed by atoms with Gasteiger partial charge in [-0.2, -0.15) is 0 Å². The lowest BCUT2D eigenvalue weighted by molar-refractivity contribution is -0.0353. The van der Waals surface area contributed by atoms with Gasteiger partial charge in [0.15, 0.2) is 17.4 Å². The Morgan fingerprint density at radius 1 is 1.52 bits per heavy atom. The lowest BCUT2D eigenvalue weighted by atomic mass is 10.1. The summed E-state index contributed by atoms with van der Waals surface area (Å²) in [7, 11) is 3.29. The van der Waals surface area contributed by atoms with E-state index in [4.69, 9.17) is 14.2 Å². The van der Waals surface area contributed by atoms with Crippen molar-refractivity contribution in [2.45, 2.75) is 19.3 Å². The van der Waals surface area contributed by atoms with Crippen LogP contribution in [0.5, 0.6) is 0 Å². The SMILES string of the molecule is COC[C@H]1CO[C@@H](n2cnc3c(=O)[nH]c(C)nc32)[C@@H]1OC. The summed E-state index contributed by atoms with van der Waals surface area (Å²) in [5.74, 6) is 0.667. The number of hydrogen-bond donors (Lipinski definition) is 1. The van der Waals surface area contributed by atoms with Crippen LogP contribution in [0, 0.1) is 12.8 Å². The van der Waals surface area contributed by atoms with Gasteiger partial charge in [-0.05, 0) is 6.92 Å². The van der Waals surface area contributed by atoms with Gasteiger partial charge < -0.3 is 19.2 Å². The van der Waals surface area contributed by atoms with Crippen LogP contribution in [0.1, 0.15) is 12.1 Å². The van der Waals surface area contributed by atoms with Gasteiger partial charge in [-0.25, -0.2) is 9.97 Å². The maximum absolute atomic E-state index is 11.9. The van der Waals surface area contributed by atoms with Crippen LogP contribution in [-0.2, 0) is 14.2 Å². The molecule has 3 heterocycles. The molecule has 1 saturated heterocycles. The molecule has 0 spiro atoms. The molecule has 114 valence electrons. The van der Waals surface area contributed by atoms with E-state index in [1.165, 1.54) is 0 Å². The van der Waals surface area contributed by atoms with Crippen LogP contribution in [0.3, 0.4) is 0 Å². The third-order valence-corrected chi connectivity index (χ3v) is 3.70. The highest BCUT2D eigenvalue weighted by Crippen LogP contribution is 2.32. The molecule has 0 amide bonds. The Bertz CT molecular complexity index is 695. The molecule has 1 aliphatic rings. The zero-order valence-electron chi connectivity index (χ0n) is 12.2. The maximum atomic E-state index is 11.9. The van der Waals surface area contributed by atoms with Crippen molar-refractivity contribution in [1.29, 1.82) is 0 Å². The van der Waals surface area contributed by atoms with Crippen LogP contribution in [0.4, 0.5) is 0 Å². The van der Waals surface area contributed by atoms with Crippen LogP contribution in [0.25, 0.3) is 11.2 Å². The Morgan fingerprint density at radius 3 is 3.05 bits per heavy atom. The van der Waals surface area contributed by atoms with E-state index in [9.17, 15) is 4.79 Å². The number of hydrogen-bond acceptors (Lipinski definition) is 6. The summed E-state index contributed by atoms with van der Waals surface area (Å²) in [6.45, 7) is 2.81. The van der Waals surface area contributed by atoms with E-state index in [2.05, 4.69) is 15.0 Å². The molecule has 3 rings (SSSR count). The Morgan fingerprint density at radius 2 is 2.33 bits per heavy atom. The van der Waals surface area contributed by atoms with Gasteiger partial charge in [0.05, 0.1) is 19.5 Å². The predicted octanol–water partition coefficient (Wildman–Crippen LogP) is 0.234. The Kier molecular flexibility index (Phi) is 3.75. The molecule has 21 heavy (non-hydrogen) atoms. The topological polar surface area (TPSA) is 91.3 Å². The van der Waals surface area contributed by atoms with Crippen molar-refractivity contribution in [1.82, 2.24) is 19.5 Å². The highest BCUT2D eigenvalue weighted by Gasteiger charge is 2.39. The molecule has 1 aliphatic heterocycles. The zero-order chi connectivity index (χ0) is 15.0. The summed E-state index contributed by atoms with van der Waals surface area (Å²) in [5, 5.41) is 0. The van der Waals surface area contributed by atoms with E-state index < -0.39 is 0 Å². The number of methoxy groups -OCH3 is 2. The maximum Gasteiger partial charge on any atom is 0.279 e. The average Bonchev–Trinajstić information content (AvgIpc) is 3.02. The van der Waals surface area contributed by atoms with Crippen LogP contribution in [0.15, 0.2) is 11.1 Å². The number of H-pyrrole nitrogens is 1. The molecule has 0 aliphatic carbocycles. The second-order valence-electron chi connectivity index (χ2n) is 5.12. The summed E-state index contributed by atoms with van der Waals surface area (Å²) < 4.78 is 18.3. The monoisotopic (exact) mass is 294 g/mol. The molecule has 0 aromatic carbocycles. The molecular weight excluding hydrogens is 276 g/mol. The minimum Gasteiger partial charge on any atom is -0.384 e. The van der Waals surface area contributed by atoms with Gasteiger partial charge in [0.2, 0.25) is 0 Å². The first-order valence-electron chi connectivity index (χ1n) is 6.72. The summed E-state index contributed by atoms with van der Waals surface area (Å²) in [6.07, 6.45) is 1.02. The molecule has 8 heteroatoms. The minimum atomic E-state index is -0.367. The van der Waals surface area contributed by atoms with Gasteiger partial charge in [-0.15, -0.1) is 0 Å². The molecular formula is C13H18N4O4. The third kappa shape index (κ3) is 2.35. The van der Waals surface area contributed by atoms with Gasteiger partial charge in [0.1, 0.15) is 11.9 Å². The number of imidazole rings is 1. The molecule has 1 N–H and O–H groups in total. The fraction of sp³-hybridized carbons (Fsp3) is 0.615.